The Morgan fingerprint density at radius 1 is 0.700 bits per heavy atom. The standard InChI is InChI=1S/C27H50NPS/c1-6-8-10-12-14-19-23-28(24-20-15-13-11-9-7-2)29(30,25-27(3,4)5)26-21-17-16-18-22-26/h16-18,21-22H,6-15,19-20,23-25H2,1-5H3. The molecule has 0 aliphatic heterocycles. The molecule has 1 unspecified atom stereocenters. The molecule has 1 aromatic carbocycles. The fourth-order valence-electron chi connectivity index (χ4n) is 4.24. The summed E-state index contributed by atoms with van der Waals surface area (Å²) in [6, 6.07) is 11.1. The Morgan fingerprint density at radius 3 is 1.57 bits per heavy atom. The Hall–Kier alpha value is -0.170. The van der Waals surface area contributed by atoms with Crippen molar-refractivity contribution >= 4 is 23.3 Å². The van der Waals surface area contributed by atoms with E-state index in [1.165, 1.54) is 95.4 Å². The predicted octanol–water partition coefficient (Wildman–Crippen LogP) is 8.78. The molecule has 30 heavy (non-hydrogen) atoms. The third kappa shape index (κ3) is 11.4. The zero-order chi connectivity index (χ0) is 22.3. The van der Waals surface area contributed by atoms with Gasteiger partial charge in [0.15, 0.2) is 0 Å². The average molecular weight is 452 g/mol. The number of nitrogens with zero attached hydrogens (tertiary/aromatic N) is 1. The second kappa shape index (κ2) is 15.6. The molecule has 0 amide bonds. The minimum atomic E-state index is -1.76. The molecular formula is C27H50NPS. The minimum absolute atomic E-state index is 0.256. The molecule has 1 atom stereocenters. The lowest BCUT2D eigenvalue weighted by atomic mass is 10.0. The summed E-state index contributed by atoms with van der Waals surface area (Å²) in [6.07, 6.45) is 15.6. The van der Waals surface area contributed by atoms with Crippen LogP contribution in [0.4, 0.5) is 0 Å². The molecule has 0 heterocycles. The Labute approximate surface area is 194 Å². The molecule has 0 spiro atoms. The summed E-state index contributed by atoms with van der Waals surface area (Å²) in [7, 11) is 0. The van der Waals surface area contributed by atoms with E-state index >= 15 is 0 Å². The van der Waals surface area contributed by atoms with Crippen molar-refractivity contribution in [3.8, 4) is 0 Å². The smallest absolute Gasteiger partial charge is 0.0434 e. The molecule has 1 rings (SSSR count). The van der Waals surface area contributed by atoms with E-state index in [1.54, 1.807) is 0 Å². The maximum atomic E-state index is 6.61. The van der Waals surface area contributed by atoms with Gasteiger partial charge >= 0.3 is 0 Å². The van der Waals surface area contributed by atoms with Crippen molar-refractivity contribution in [2.75, 3.05) is 19.3 Å². The molecule has 174 valence electrons. The van der Waals surface area contributed by atoms with Crippen LogP contribution < -0.4 is 5.30 Å². The van der Waals surface area contributed by atoms with Gasteiger partial charge in [-0.3, -0.25) is 4.67 Å². The molecule has 0 bridgehead atoms. The quantitative estimate of drug-likeness (QED) is 0.172. The van der Waals surface area contributed by atoms with Crippen molar-refractivity contribution in [2.24, 2.45) is 5.41 Å². The molecule has 1 aromatic rings. The van der Waals surface area contributed by atoms with Crippen LogP contribution in [-0.2, 0) is 11.8 Å². The largest absolute Gasteiger partial charge is 0.271 e. The zero-order valence-corrected chi connectivity index (χ0v) is 22.5. The second-order valence-corrected chi connectivity index (χ2v) is 14.9. The van der Waals surface area contributed by atoms with Crippen molar-refractivity contribution in [3.05, 3.63) is 30.3 Å². The van der Waals surface area contributed by atoms with Gasteiger partial charge in [0.2, 0.25) is 0 Å². The first-order valence-corrected chi connectivity index (χ1v) is 15.7. The number of benzene rings is 1. The molecule has 0 saturated carbocycles. The van der Waals surface area contributed by atoms with E-state index in [9.17, 15) is 0 Å². The fraction of sp³-hybridized carbons (Fsp3) is 0.778. The maximum absolute atomic E-state index is 6.61. The van der Waals surface area contributed by atoms with Gasteiger partial charge in [-0.1, -0.05) is 141 Å². The number of rotatable bonds is 17. The van der Waals surface area contributed by atoms with Crippen molar-refractivity contribution in [3.63, 3.8) is 0 Å². The van der Waals surface area contributed by atoms with E-state index < -0.39 is 6.19 Å². The van der Waals surface area contributed by atoms with Crippen LogP contribution in [0.2, 0.25) is 0 Å². The van der Waals surface area contributed by atoms with Crippen molar-refractivity contribution in [1.82, 2.24) is 4.67 Å². The first-order chi connectivity index (χ1) is 14.3. The van der Waals surface area contributed by atoms with Crippen LogP contribution in [-0.4, -0.2) is 23.9 Å². The third-order valence-electron chi connectivity index (χ3n) is 5.84. The van der Waals surface area contributed by atoms with Crippen molar-refractivity contribution in [2.45, 2.75) is 112 Å². The van der Waals surface area contributed by atoms with E-state index in [2.05, 4.69) is 69.6 Å². The topological polar surface area (TPSA) is 3.24 Å². The lowest BCUT2D eigenvalue weighted by Gasteiger charge is -2.40. The van der Waals surface area contributed by atoms with Crippen LogP contribution in [0.3, 0.4) is 0 Å². The summed E-state index contributed by atoms with van der Waals surface area (Å²) in [5.74, 6) is 0. The normalized spacial score (nSPS) is 14.2. The van der Waals surface area contributed by atoms with E-state index in [-0.39, 0.29) is 5.41 Å². The molecule has 0 aliphatic rings. The van der Waals surface area contributed by atoms with E-state index in [0.717, 1.165) is 6.16 Å². The molecule has 1 nitrogen and oxygen atoms in total. The summed E-state index contributed by atoms with van der Waals surface area (Å²) in [4.78, 5) is 0. The molecule has 0 radical (unpaired) electrons. The van der Waals surface area contributed by atoms with Gasteiger partial charge in [0.05, 0.1) is 0 Å². The van der Waals surface area contributed by atoms with Gasteiger partial charge in [0, 0.05) is 19.3 Å². The number of hydrogen-bond acceptors (Lipinski definition) is 1. The van der Waals surface area contributed by atoms with Crippen LogP contribution in [0.25, 0.3) is 0 Å². The van der Waals surface area contributed by atoms with E-state index in [4.69, 9.17) is 11.8 Å². The highest BCUT2D eigenvalue weighted by Gasteiger charge is 2.31. The molecule has 0 saturated heterocycles. The number of unbranched alkanes of at least 4 members (excludes halogenated alkanes) is 10. The fourth-order valence-corrected chi connectivity index (χ4v) is 9.82. The Bertz CT molecular complexity index is 562. The third-order valence-corrected chi connectivity index (χ3v) is 11.4. The summed E-state index contributed by atoms with van der Waals surface area (Å²) in [5, 5.41) is 1.42. The molecule has 0 fully saturated rings. The van der Waals surface area contributed by atoms with Gasteiger partial charge in [-0.15, -0.1) is 0 Å². The Balaban J connectivity index is 2.87. The summed E-state index contributed by atoms with van der Waals surface area (Å²) < 4.78 is 2.78. The zero-order valence-electron chi connectivity index (χ0n) is 20.8. The lowest BCUT2D eigenvalue weighted by molar-refractivity contribution is 0.401. The van der Waals surface area contributed by atoms with Crippen molar-refractivity contribution < 1.29 is 0 Å². The highest BCUT2D eigenvalue weighted by molar-refractivity contribution is 8.17. The van der Waals surface area contributed by atoms with Crippen LogP contribution in [0.5, 0.6) is 0 Å². The van der Waals surface area contributed by atoms with Crippen molar-refractivity contribution in [1.29, 1.82) is 0 Å². The molecule has 0 aromatic heterocycles. The monoisotopic (exact) mass is 451 g/mol. The van der Waals surface area contributed by atoms with Gasteiger partial charge in [0.25, 0.3) is 0 Å². The predicted molar refractivity (Wildman–Crippen MR) is 143 cm³/mol. The minimum Gasteiger partial charge on any atom is -0.271 e. The van der Waals surface area contributed by atoms with Crippen LogP contribution in [0.15, 0.2) is 30.3 Å². The van der Waals surface area contributed by atoms with E-state index in [1.807, 2.05) is 0 Å². The lowest BCUT2D eigenvalue weighted by Crippen LogP contribution is -2.33. The summed E-state index contributed by atoms with van der Waals surface area (Å²) in [6.45, 7) is 14.1. The van der Waals surface area contributed by atoms with Crippen LogP contribution in [0, 0.1) is 5.41 Å². The summed E-state index contributed by atoms with van der Waals surface area (Å²) >= 11 is 6.61. The van der Waals surface area contributed by atoms with Gasteiger partial charge in [0.1, 0.15) is 0 Å². The first kappa shape index (κ1) is 27.9. The van der Waals surface area contributed by atoms with Gasteiger partial charge in [-0.25, -0.2) is 0 Å². The SMILES string of the molecule is CCCCCCCCN(CCCCCCCC)P(=S)(CC(C)(C)C)c1ccccc1. The van der Waals surface area contributed by atoms with E-state index in [0.29, 0.717) is 0 Å². The Kier molecular flexibility index (Phi) is 14.5. The molecule has 0 aliphatic carbocycles. The number of hydrogen-bond donors (Lipinski definition) is 0. The molecule has 3 heteroatoms. The molecular weight excluding hydrogens is 401 g/mol. The van der Waals surface area contributed by atoms with Gasteiger partial charge < -0.3 is 0 Å². The molecule has 0 N–H and O–H groups in total. The highest BCUT2D eigenvalue weighted by Crippen LogP contribution is 2.53. The maximum Gasteiger partial charge on any atom is 0.0434 e. The summed E-state index contributed by atoms with van der Waals surface area (Å²) in [5.41, 5.74) is 0.256. The van der Waals surface area contributed by atoms with Gasteiger partial charge in [-0.2, -0.15) is 0 Å². The second-order valence-electron chi connectivity index (χ2n) is 10.2. The van der Waals surface area contributed by atoms with Crippen LogP contribution in [0.1, 0.15) is 112 Å². The van der Waals surface area contributed by atoms with Gasteiger partial charge in [-0.05, 0) is 29.7 Å². The van der Waals surface area contributed by atoms with Crippen LogP contribution >= 0.6 is 6.19 Å². The first-order valence-electron chi connectivity index (χ1n) is 12.7. The highest BCUT2D eigenvalue weighted by atomic mass is 32.4. The Morgan fingerprint density at radius 2 is 1.13 bits per heavy atom. The average Bonchev–Trinajstić information content (AvgIpc) is 2.70.